The van der Waals surface area contributed by atoms with Crippen LogP contribution in [-0.4, -0.2) is 68.5 Å². The molecule has 0 saturated carbocycles. The number of nitrogens with zero attached hydrogens (tertiary/aromatic N) is 1. The van der Waals surface area contributed by atoms with E-state index in [1.807, 2.05) is 27.2 Å². The molecule has 9 heteroatoms. The summed E-state index contributed by atoms with van der Waals surface area (Å²) in [5.74, 6) is -0.212. The van der Waals surface area contributed by atoms with Crippen LogP contribution in [0.5, 0.6) is 0 Å². The molecule has 3 unspecified atom stereocenters. The number of likely N-dealkylation sites (N-methyl/N-ethyl adjacent to an activating group) is 1. The second-order valence-corrected chi connectivity index (χ2v) is 19.2. The molecule has 342 valence electrons. The van der Waals surface area contributed by atoms with Crippen LogP contribution in [0.4, 0.5) is 0 Å². The Balaban J connectivity index is 4.33. The zero-order valence-corrected chi connectivity index (χ0v) is 39.6. The highest BCUT2D eigenvalue weighted by Crippen LogP contribution is 2.38. The van der Waals surface area contributed by atoms with E-state index in [4.69, 9.17) is 9.05 Å². The van der Waals surface area contributed by atoms with Crippen molar-refractivity contribution in [2.75, 3.05) is 40.9 Å². The summed E-state index contributed by atoms with van der Waals surface area (Å²) in [6, 6.07) is -0.903. The molecule has 0 heterocycles. The van der Waals surface area contributed by atoms with Gasteiger partial charge in [-0.05, 0) is 57.8 Å². The number of phosphoric ester groups is 1. The number of nitrogens with one attached hydrogen (secondary N) is 1. The van der Waals surface area contributed by atoms with Gasteiger partial charge in [0.1, 0.15) is 13.2 Å². The van der Waals surface area contributed by atoms with Gasteiger partial charge in [0.25, 0.3) is 7.82 Å². The van der Waals surface area contributed by atoms with Crippen molar-refractivity contribution in [2.24, 2.45) is 0 Å². The number of hydrogen-bond acceptors (Lipinski definition) is 6. The van der Waals surface area contributed by atoms with Gasteiger partial charge >= 0.3 is 0 Å². The minimum Gasteiger partial charge on any atom is -0.756 e. The van der Waals surface area contributed by atoms with Gasteiger partial charge in [-0.25, -0.2) is 0 Å². The first-order valence-corrected chi connectivity index (χ1v) is 25.8. The van der Waals surface area contributed by atoms with Crippen molar-refractivity contribution in [3.05, 3.63) is 36.5 Å². The molecule has 8 nitrogen and oxygen atoms in total. The van der Waals surface area contributed by atoms with Gasteiger partial charge in [0, 0.05) is 6.42 Å². The molecule has 0 saturated heterocycles. The maximum Gasteiger partial charge on any atom is 0.268 e. The van der Waals surface area contributed by atoms with E-state index in [0.717, 1.165) is 38.5 Å². The van der Waals surface area contributed by atoms with Gasteiger partial charge in [0.15, 0.2) is 0 Å². The van der Waals surface area contributed by atoms with Crippen LogP contribution in [0.1, 0.15) is 219 Å². The van der Waals surface area contributed by atoms with Crippen LogP contribution in [0.15, 0.2) is 36.5 Å². The zero-order valence-electron chi connectivity index (χ0n) is 38.8. The van der Waals surface area contributed by atoms with Crippen LogP contribution >= 0.6 is 7.82 Å². The maximum atomic E-state index is 12.9. The lowest BCUT2D eigenvalue weighted by atomic mass is 10.0. The number of unbranched alkanes of at least 4 members (excludes halogenated alkanes) is 27. The Bertz CT molecular complexity index is 1040. The number of carbonyl (C=O) groups excluding carboxylic acids is 1. The van der Waals surface area contributed by atoms with E-state index in [2.05, 4.69) is 43.5 Å². The fourth-order valence-corrected chi connectivity index (χ4v) is 7.65. The average molecular weight is 839 g/mol. The van der Waals surface area contributed by atoms with Gasteiger partial charge in [-0.3, -0.25) is 9.36 Å². The molecule has 0 aliphatic rings. The second-order valence-electron chi connectivity index (χ2n) is 17.8. The third-order valence-electron chi connectivity index (χ3n) is 10.8. The molecule has 0 aliphatic carbocycles. The number of phosphoric acid groups is 1. The zero-order chi connectivity index (χ0) is 42.8. The Morgan fingerprint density at radius 3 is 1.40 bits per heavy atom. The molecule has 0 aromatic rings. The first kappa shape index (κ1) is 56.7. The minimum atomic E-state index is -4.60. The van der Waals surface area contributed by atoms with Crippen LogP contribution in [0.2, 0.25) is 0 Å². The van der Waals surface area contributed by atoms with E-state index in [-0.39, 0.29) is 12.5 Å². The van der Waals surface area contributed by atoms with Crippen LogP contribution in [-0.2, 0) is 18.4 Å². The van der Waals surface area contributed by atoms with Crippen molar-refractivity contribution in [2.45, 2.75) is 231 Å². The monoisotopic (exact) mass is 839 g/mol. The smallest absolute Gasteiger partial charge is 0.268 e. The van der Waals surface area contributed by atoms with E-state index in [1.54, 1.807) is 6.08 Å². The molecule has 0 radical (unpaired) electrons. The molecular weight excluding hydrogens is 744 g/mol. The van der Waals surface area contributed by atoms with Crippen LogP contribution in [0, 0.1) is 0 Å². The number of allylic oxidation sites excluding steroid dienone is 5. The summed E-state index contributed by atoms with van der Waals surface area (Å²) in [5.41, 5.74) is 0. The fourth-order valence-electron chi connectivity index (χ4n) is 6.93. The van der Waals surface area contributed by atoms with E-state index in [1.165, 1.54) is 161 Å². The van der Waals surface area contributed by atoms with Gasteiger partial charge < -0.3 is 28.8 Å². The third-order valence-corrected chi connectivity index (χ3v) is 11.8. The first-order valence-electron chi connectivity index (χ1n) is 24.4. The Morgan fingerprint density at radius 1 is 0.586 bits per heavy atom. The van der Waals surface area contributed by atoms with Crippen molar-refractivity contribution in [3.8, 4) is 0 Å². The van der Waals surface area contributed by atoms with E-state index < -0.39 is 26.6 Å². The normalized spacial score (nSPS) is 14.5. The molecule has 1 amide bonds. The highest BCUT2D eigenvalue weighted by atomic mass is 31.2. The Labute approximate surface area is 359 Å². The van der Waals surface area contributed by atoms with Crippen molar-refractivity contribution in [1.82, 2.24) is 5.32 Å². The molecule has 3 atom stereocenters. The SMILES string of the molecule is CCCCCCCCCC/C=C/CC/C=C/C(O)C(COP(=O)([O-])OCC[N+](C)(C)C)NC(=O)CCCCCCCCC/C=C\CCCCCCCCCCCCC. The second kappa shape index (κ2) is 41.1. The fraction of sp³-hybridized carbons (Fsp3) is 0.857. The summed E-state index contributed by atoms with van der Waals surface area (Å²) in [7, 11) is 1.24. The molecule has 58 heavy (non-hydrogen) atoms. The standard InChI is InChI=1S/C49H95N2O6P/c1-6-8-10-12-14-16-18-20-22-23-24-25-26-27-28-29-31-33-35-37-39-41-43-49(53)50-47(46-57-58(54,55)56-45-44-51(3,4)5)48(52)42-40-38-36-34-32-30-21-19-17-15-13-11-9-7-2/h26-27,32,34,40,42,47-48,52H,6-25,28-31,33,35-39,41,43-46H2,1-5H3,(H-,50,53,54,55)/b27-26-,34-32+,42-40+. The van der Waals surface area contributed by atoms with Crippen LogP contribution < -0.4 is 10.2 Å². The lowest BCUT2D eigenvalue weighted by Gasteiger charge is -2.29. The Kier molecular flexibility index (Phi) is 40.2. The van der Waals surface area contributed by atoms with E-state index in [0.29, 0.717) is 17.4 Å². The number of aliphatic hydroxyl groups is 1. The summed E-state index contributed by atoms with van der Waals surface area (Å²) in [5, 5.41) is 13.8. The van der Waals surface area contributed by atoms with Crippen molar-refractivity contribution in [3.63, 3.8) is 0 Å². The largest absolute Gasteiger partial charge is 0.756 e. The van der Waals surface area contributed by atoms with Crippen molar-refractivity contribution < 1.29 is 32.9 Å². The van der Waals surface area contributed by atoms with Crippen LogP contribution in [0.25, 0.3) is 0 Å². The average Bonchev–Trinajstić information content (AvgIpc) is 3.17. The molecule has 2 N–H and O–H groups in total. The highest BCUT2D eigenvalue weighted by Gasteiger charge is 2.23. The summed E-state index contributed by atoms with van der Waals surface area (Å²) >= 11 is 0. The lowest BCUT2D eigenvalue weighted by molar-refractivity contribution is -0.870. The quantitative estimate of drug-likeness (QED) is 0.0274. The third kappa shape index (κ3) is 42.8. The molecule has 0 aromatic carbocycles. The van der Waals surface area contributed by atoms with Gasteiger partial charge in [-0.1, -0.05) is 192 Å². The molecule has 0 aromatic heterocycles. The number of carbonyl (C=O) groups is 1. The number of hydrogen-bond donors (Lipinski definition) is 2. The number of aliphatic hydroxyl groups excluding tert-OH is 1. The summed E-state index contributed by atoms with van der Waals surface area (Å²) in [6.45, 7) is 4.62. The van der Waals surface area contributed by atoms with E-state index >= 15 is 0 Å². The van der Waals surface area contributed by atoms with Gasteiger partial charge in [0.2, 0.25) is 5.91 Å². The maximum absolute atomic E-state index is 12.9. The number of quaternary nitrogens is 1. The summed E-state index contributed by atoms with van der Waals surface area (Å²) in [6.07, 6.45) is 50.6. The Hall–Kier alpha value is -1.28. The minimum absolute atomic E-state index is 0.00706. The number of amides is 1. The highest BCUT2D eigenvalue weighted by molar-refractivity contribution is 7.45. The Morgan fingerprint density at radius 2 is 0.966 bits per heavy atom. The molecule has 0 rings (SSSR count). The van der Waals surface area contributed by atoms with Crippen LogP contribution in [0.3, 0.4) is 0 Å². The number of rotatable bonds is 44. The molecule has 0 aliphatic heterocycles. The summed E-state index contributed by atoms with van der Waals surface area (Å²) in [4.78, 5) is 25.3. The van der Waals surface area contributed by atoms with Gasteiger partial charge in [-0.2, -0.15) is 0 Å². The predicted molar refractivity (Wildman–Crippen MR) is 247 cm³/mol. The molecule has 0 spiro atoms. The van der Waals surface area contributed by atoms with E-state index in [9.17, 15) is 19.4 Å². The van der Waals surface area contributed by atoms with Crippen molar-refractivity contribution in [1.29, 1.82) is 0 Å². The van der Waals surface area contributed by atoms with Gasteiger partial charge in [-0.15, -0.1) is 0 Å². The molecular formula is C49H95N2O6P. The molecule has 0 bridgehead atoms. The topological polar surface area (TPSA) is 108 Å². The van der Waals surface area contributed by atoms with Crippen molar-refractivity contribution >= 4 is 13.7 Å². The predicted octanol–water partition coefficient (Wildman–Crippen LogP) is 13.2. The molecule has 0 fully saturated rings. The first-order chi connectivity index (χ1) is 28.0. The van der Waals surface area contributed by atoms with Gasteiger partial charge in [0.05, 0.1) is 39.9 Å². The lowest BCUT2D eigenvalue weighted by Crippen LogP contribution is -2.45. The summed E-state index contributed by atoms with van der Waals surface area (Å²) < 4.78 is 23.2.